The highest BCUT2D eigenvalue weighted by molar-refractivity contribution is 5.85. The lowest BCUT2D eigenvalue weighted by Crippen LogP contribution is -1.91. The first-order chi connectivity index (χ1) is 5.79. The summed E-state index contributed by atoms with van der Waals surface area (Å²) in [6, 6.07) is 5.00. The van der Waals surface area contributed by atoms with E-state index in [9.17, 15) is 8.78 Å². The van der Waals surface area contributed by atoms with Gasteiger partial charge in [0.25, 0.3) is 6.43 Å². The van der Waals surface area contributed by atoms with Crippen molar-refractivity contribution in [2.45, 2.75) is 12.8 Å². The van der Waals surface area contributed by atoms with Crippen LogP contribution in [-0.2, 0) is 6.42 Å². The summed E-state index contributed by atoms with van der Waals surface area (Å²) in [6.07, 6.45) is -1.63. The van der Waals surface area contributed by atoms with Crippen LogP contribution in [0.5, 0.6) is 0 Å². The number of benzene rings is 1. The average Bonchev–Trinajstić information content (AvgIpc) is 2.49. The van der Waals surface area contributed by atoms with Crippen molar-refractivity contribution in [2.24, 2.45) is 0 Å². The molecule has 0 atom stereocenters. The minimum atomic E-state index is -2.35. The second kappa shape index (κ2) is 3.92. The van der Waals surface area contributed by atoms with Crippen molar-refractivity contribution in [3.8, 4) is 0 Å². The number of halogens is 3. The normalized spacial score (nSPS) is 13.5. The van der Waals surface area contributed by atoms with Gasteiger partial charge in [-0.05, 0) is 18.1 Å². The Morgan fingerprint density at radius 1 is 1.31 bits per heavy atom. The van der Waals surface area contributed by atoms with Crippen molar-refractivity contribution >= 4 is 18.1 Å². The van der Waals surface area contributed by atoms with Crippen LogP contribution in [0.15, 0.2) is 18.2 Å². The second-order valence-electron chi connectivity index (χ2n) is 2.85. The maximum absolute atomic E-state index is 12.4. The first-order valence-corrected chi connectivity index (χ1v) is 3.93. The number of anilines is 1. The molecule has 1 aromatic rings. The smallest absolute Gasteiger partial charge is 0.264 e. The van der Waals surface area contributed by atoms with E-state index in [2.05, 4.69) is 5.32 Å². The average molecular weight is 206 g/mol. The largest absolute Gasteiger partial charge is 0.384 e. The molecule has 1 aliphatic rings. The van der Waals surface area contributed by atoms with E-state index in [1.807, 2.05) is 6.07 Å². The summed E-state index contributed by atoms with van der Waals surface area (Å²) < 4.78 is 24.8. The zero-order chi connectivity index (χ0) is 8.55. The number of nitrogens with one attached hydrogen (secondary N) is 1. The van der Waals surface area contributed by atoms with Crippen molar-refractivity contribution in [1.82, 2.24) is 0 Å². The van der Waals surface area contributed by atoms with Crippen LogP contribution in [0.4, 0.5) is 14.5 Å². The summed E-state index contributed by atoms with van der Waals surface area (Å²) in [5.74, 6) is 0. The van der Waals surface area contributed by atoms with Crippen molar-refractivity contribution in [3.63, 3.8) is 0 Å². The van der Waals surface area contributed by atoms with Gasteiger partial charge >= 0.3 is 0 Å². The van der Waals surface area contributed by atoms with Gasteiger partial charge in [-0.2, -0.15) is 0 Å². The highest BCUT2D eigenvalue weighted by Gasteiger charge is 2.18. The van der Waals surface area contributed by atoms with Gasteiger partial charge in [-0.25, -0.2) is 8.78 Å². The van der Waals surface area contributed by atoms with Crippen molar-refractivity contribution in [2.75, 3.05) is 11.9 Å². The van der Waals surface area contributed by atoms with Gasteiger partial charge in [-0.3, -0.25) is 0 Å². The molecule has 72 valence electrons. The molecule has 13 heavy (non-hydrogen) atoms. The number of rotatable bonds is 1. The minimum Gasteiger partial charge on any atom is -0.384 e. The van der Waals surface area contributed by atoms with E-state index < -0.39 is 6.43 Å². The van der Waals surface area contributed by atoms with Gasteiger partial charge in [0.2, 0.25) is 0 Å². The van der Waals surface area contributed by atoms with Gasteiger partial charge in [0.1, 0.15) is 0 Å². The molecular weight excluding hydrogens is 196 g/mol. The fraction of sp³-hybridized carbons (Fsp3) is 0.333. The lowest BCUT2D eigenvalue weighted by Gasteiger charge is -2.05. The SMILES string of the molecule is Cl.FC(F)c1cccc2c1CCN2. The molecule has 0 saturated carbocycles. The summed E-state index contributed by atoms with van der Waals surface area (Å²) in [5, 5.41) is 3.06. The molecule has 0 unspecified atom stereocenters. The molecule has 1 aliphatic heterocycles. The van der Waals surface area contributed by atoms with Crippen molar-refractivity contribution in [3.05, 3.63) is 29.3 Å². The van der Waals surface area contributed by atoms with Gasteiger partial charge < -0.3 is 5.32 Å². The minimum absolute atomic E-state index is 0. The summed E-state index contributed by atoms with van der Waals surface area (Å²) in [4.78, 5) is 0. The third-order valence-electron chi connectivity index (χ3n) is 2.14. The molecule has 0 saturated heterocycles. The quantitative estimate of drug-likeness (QED) is 0.743. The third-order valence-corrected chi connectivity index (χ3v) is 2.14. The van der Waals surface area contributed by atoms with Gasteiger partial charge in [0.05, 0.1) is 0 Å². The van der Waals surface area contributed by atoms with E-state index in [-0.39, 0.29) is 18.0 Å². The van der Waals surface area contributed by atoms with Gasteiger partial charge in [-0.1, -0.05) is 12.1 Å². The topological polar surface area (TPSA) is 12.0 Å². The zero-order valence-corrected chi connectivity index (χ0v) is 7.70. The highest BCUT2D eigenvalue weighted by atomic mass is 35.5. The Bertz CT molecular complexity index is 302. The van der Waals surface area contributed by atoms with Crippen LogP contribution in [0.1, 0.15) is 17.6 Å². The maximum Gasteiger partial charge on any atom is 0.264 e. The molecular formula is C9H10ClF2N. The number of alkyl halides is 2. The Labute approximate surface area is 81.6 Å². The highest BCUT2D eigenvalue weighted by Crippen LogP contribution is 2.31. The van der Waals surface area contributed by atoms with E-state index in [0.29, 0.717) is 0 Å². The number of hydrogen-bond donors (Lipinski definition) is 1. The predicted molar refractivity (Wildman–Crippen MR) is 50.8 cm³/mol. The zero-order valence-electron chi connectivity index (χ0n) is 6.89. The molecule has 1 heterocycles. The van der Waals surface area contributed by atoms with Crippen LogP contribution in [0.2, 0.25) is 0 Å². The molecule has 1 aromatic carbocycles. The maximum atomic E-state index is 12.4. The van der Waals surface area contributed by atoms with E-state index in [0.717, 1.165) is 24.2 Å². The van der Waals surface area contributed by atoms with Crippen LogP contribution >= 0.6 is 12.4 Å². The molecule has 0 amide bonds. The van der Waals surface area contributed by atoms with Crippen LogP contribution < -0.4 is 5.32 Å². The van der Waals surface area contributed by atoms with Crippen molar-refractivity contribution < 1.29 is 8.78 Å². The van der Waals surface area contributed by atoms with E-state index >= 15 is 0 Å². The lowest BCUT2D eigenvalue weighted by molar-refractivity contribution is 0.150. The van der Waals surface area contributed by atoms with Crippen LogP contribution in [-0.4, -0.2) is 6.54 Å². The third kappa shape index (κ3) is 1.75. The monoisotopic (exact) mass is 205 g/mol. The van der Waals surface area contributed by atoms with E-state index in [4.69, 9.17) is 0 Å². The molecule has 0 bridgehead atoms. The summed E-state index contributed by atoms with van der Waals surface area (Å²) in [7, 11) is 0. The van der Waals surface area contributed by atoms with Crippen LogP contribution in [0.25, 0.3) is 0 Å². The summed E-state index contributed by atoms with van der Waals surface area (Å²) >= 11 is 0. The molecule has 2 rings (SSSR count). The van der Waals surface area contributed by atoms with Gasteiger partial charge in [-0.15, -0.1) is 12.4 Å². The summed E-state index contributed by atoms with van der Waals surface area (Å²) in [5.41, 5.74) is 1.83. The standard InChI is InChI=1S/C9H9F2N.ClH/c10-9(11)7-2-1-3-8-6(7)4-5-12-8;/h1-3,9,12H,4-5H2;1H. The molecule has 0 fully saturated rings. The molecule has 4 heteroatoms. The fourth-order valence-corrected chi connectivity index (χ4v) is 1.58. The van der Waals surface area contributed by atoms with Crippen LogP contribution in [0.3, 0.4) is 0 Å². The van der Waals surface area contributed by atoms with Gasteiger partial charge in [0, 0.05) is 17.8 Å². The van der Waals surface area contributed by atoms with E-state index in [1.54, 1.807) is 6.07 Å². The first-order valence-electron chi connectivity index (χ1n) is 3.93. The van der Waals surface area contributed by atoms with Gasteiger partial charge in [0.15, 0.2) is 0 Å². The molecule has 0 spiro atoms. The molecule has 1 N–H and O–H groups in total. The Morgan fingerprint density at radius 3 is 2.77 bits per heavy atom. The van der Waals surface area contributed by atoms with E-state index in [1.165, 1.54) is 6.07 Å². The van der Waals surface area contributed by atoms with Crippen LogP contribution in [0, 0.1) is 0 Å². The molecule has 0 radical (unpaired) electrons. The Hall–Kier alpha value is -0.830. The Kier molecular flexibility index (Phi) is 3.09. The second-order valence-corrected chi connectivity index (χ2v) is 2.85. The first kappa shape index (κ1) is 10.3. The molecule has 0 aliphatic carbocycles. The number of hydrogen-bond acceptors (Lipinski definition) is 1. The molecule has 0 aromatic heterocycles. The van der Waals surface area contributed by atoms with Crippen molar-refractivity contribution in [1.29, 1.82) is 0 Å². The lowest BCUT2D eigenvalue weighted by atomic mass is 10.1. The predicted octanol–water partition coefficient (Wildman–Crippen LogP) is 3.01. The molecule has 1 nitrogen and oxygen atoms in total. The fourth-order valence-electron chi connectivity index (χ4n) is 1.58. The summed E-state index contributed by atoms with van der Waals surface area (Å²) in [6.45, 7) is 0.777. The Morgan fingerprint density at radius 2 is 2.08 bits per heavy atom. The Balaban J connectivity index is 0.000000845. The number of fused-ring (bicyclic) bond motifs is 1.